The Morgan fingerprint density at radius 1 is 1.37 bits per heavy atom. The first kappa shape index (κ1) is 14.6. The van der Waals surface area contributed by atoms with E-state index in [4.69, 9.17) is 11.6 Å². The van der Waals surface area contributed by atoms with E-state index in [9.17, 15) is 0 Å². The summed E-state index contributed by atoms with van der Waals surface area (Å²) in [6.07, 6.45) is 0. The second kappa shape index (κ2) is 6.07. The highest BCUT2D eigenvalue weighted by Crippen LogP contribution is 2.21. The maximum Gasteiger partial charge on any atom is 0.131 e. The molecule has 102 valence electrons. The molecule has 0 saturated heterocycles. The lowest BCUT2D eigenvalue weighted by atomic mass is 10.2. The molecule has 0 aliphatic heterocycles. The Kier molecular flexibility index (Phi) is 4.66. The van der Waals surface area contributed by atoms with Crippen LogP contribution in [0.3, 0.4) is 0 Å². The van der Waals surface area contributed by atoms with Gasteiger partial charge >= 0.3 is 0 Å². The normalized spacial score (nSPS) is 11.3. The van der Waals surface area contributed by atoms with Crippen LogP contribution in [0.2, 0.25) is 5.15 Å². The van der Waals surface area contributed by atoms with Crippen LogP contribution in [0.4, 0.5) is 0 Å². The lowest BCUT2D eigenvalue weighted by Gasteiger charge is -2.16. The van der Waals surface area contributed by atoms with Gasteiger partial charge in [0.05, 0.1) is 5.69 Å². The van der Waals surface area contributed by atoms with Crippen LogP contribution in [-0.4, -0.2) is 21.7 Å². The SMILES string of the molecule is Cc1nn(C)c(Cl)c1CN(C)Cc1cccc(Br)c1. The van der Waals surface area contributed by atoms with Crippen molar-refractivity contribution < 1.29 is 0 Å². The summed E-state index contributed by atoms with van der Waals surface area (Å²) < 4.78 is 2.83. The molecule has 1 aromatic heterocycles. The summed E-state index contributed by atoms with van der Waals surface area (Å²) in [5, 5.41) is 5.06. The summed E-state index contributed by atoms with van der Waals surface area (Å²) in [7, 11) is 3.96. The Balaban J connectivity index is 2.07. The van der Waals surface area contributed by atoms with E-state index < -0.39 is 0 Å². The van der Waals surface area contributed by atoms with Crippen molar-refractivity contribution in [3.05, 3.63) is 50.7 Å². The number of aromatic nitrogens is 2. The highest BCUT2D eigenvalue weighted by Gasteiger charge is 2.13. The van der Waals surface area contributed by atoms with E-state index in [-0.39, 0.29) is 0 Å². The molecule has 1 aromatic carbocycles. The minimum Gasteiger partial charge on any atom is -0.298 e. The molecular formula is C14H17BrClN3. The van der Waals surface area contributed by atoms with Crippen molar-refractivity contribution in [1.29, 1.82) is 0 Å². The zero-order valence-corrected chi connectivity index (χ0v) is 13.7. The van der Waals surface area contributed by atoms with Crippen molar-refractivity contribution in [2.24, 2.45) is 7.05 Å². The van der Waals surface area contributed by atoms with Crippen molar-refractivity contribution in [3.8, 4) is 0 Å². The van der Waals surface area contributed by atoms with E-state index in [1.165, 1.54) is 5.56 Å². The number of benzene rings is 1. The zero-order valence-electron chi connectivity index (χ0n) is 11.3. The minimum atomic E-state index is 0.721. The smallest absolute Gasteiger partial charge is 0.131 e. The van der Waals surface area contributed by atoms with E-state index in [2.05, 4.69) is 51.2 Å². The van der Waals surface area contributed by atoms with Gasteiger partial charge in [-0.15, -0.1) is 0 Å². The van der Waals surface area contributed by atoms with Crippen LogP contribution in [0.25, 0.3) is 0 Å². The Labute approximate surface area is 127 Å². The average molecular weight is 343 g/mol. The van der Waals surface area contributed by atoms with Crippen molar-refractivity contribution in [2.75, 3.05) is 7.05 Å². The molecule has 0 fully saturated rings. The first-order valence-electron chi connectivity index (χ1n) is 6.08. The highest BCUT2D eigenvalue weighted by atomic mass is 79.9. The Hall–Kier alpha value is -0.840. The molecule has 0 radical (unpaired) electrons. The van der Waals surface area contributed by atoms with E-state index in [0.717, 1.165) is 34.0 Å². The third-order valence-corrected chi connectivity index (χ3v) is 4.01. The van der Waals surface area contributed by atoms with E-state index in [1.807, 2.05) is 20.0 Å². The molecule has 0 saturated carbocycles. The van der Waals surface area contributed by atoms with E-state index >= 15 is 0 Å². The molecule has 2 rings (SSSR count). The van der Waals surface area contributed by atoms with E-state index in [0.29, 0.717) is 0 Å². The van der Waals surface area contributed by atoms with E-state index in [1.54, 1.807) is 4.68 Å². The summed E-state index contributed by atoms with van der Waals surface area (Å²) in [6, 6.07) is 8.34. The number of aryl methyl sites for hydroxylation is 2. The lowest BCUT2D eigenvalue weighted by molar-refractivity contribution is 0.318. The summed E-state index contributed by atoms with van der Waals surface area (Å²) in [5.41, 5.74) is 3.37. The van der Waals surface area contributed by atoms with Crippen LogP contribution in [0.1, 0.15) is 16.8 Å². The van der Waals surface area contributed by atoms with Gasteiger partial charge < -0.3 is 0 Å². The molecule has 0 atom stereocenters. The van der Waals surface area contributed by atoms with Crippen molar-refractivity contribution >= 4 is 27.5 Å². The van der Waals surface area contributed by atoms with Crippen LogP contribution < -0.4 is 0 Å². The van der Waals surface area contributed by atoms with Crippen molar-refractivity contribution in [1.82, 2.24) is 14.7 Å². The third kappa shape index (κ3) is 3.59. The molecular weight excluding hydrogens is 326 g/mol. The van der Waals surface area contributed by atoms with Crippen LogP contribution in [0, 0.1) is 6.92 Å². The average Bonchev–Trinajstić information content (AvgIpc) is 2.56. The van der Waals surface area contributed by atoms with Gasteiger partial charge in [-0.1, -0.05) is 39.7 Å². The van der Waals surface area contributed by atoms with Gasteiger partial charge in [0, 0.05) is 30.2 Å². The molecule has 0 unspecified atom stereocenters. The van der Waals surface area contributed by atoms with Gasteiger partial charge in [-0.05, 0) is 31.7 Å². The number of nitrogens with zero attached hydrogens (tertiary/aromatic N) is 3. The zero-order chi connectivity index (χ0) is 14.0. The van der Waals surface area contributed by atoms with Crippen LogP contribution in [0.15, 0.2) is 28.7 Å². The molecule has 0 spiro atoms. The molecule has 5 heteroatoms. The predicted octanol–water partition coefficient (Wildman–Crippen LogP) is 3.78. The fourth-order valence-corrected chi connectivity index (χ4v) is 2.81. The first-order chi connectivity index (χ1) is 8.97. The molecule has 0 amide bonds. The Bertz CT molecular complexity index is 580. The predicted molar refractivity (Wildman–Crippen MR) is 82.3 cm³/mol. The molecule has 2 aromatic rings. The molecule has 0 aliphatic carbocycles. The summed E-state index contributed by atoms with van der Waals surface area (Å²) in [5.74, 6) is 0. The van der Waals surface area contributed by atoms with Gasteiger partial charge in [-0.2, -0.15) is 5.10 Å². The largest absolute Gasteiger partial charge is 0.298 e. The maximum absolute atomic E-state index is 6.25. The number of rotatable bonds is 4. The second-order valence-corrected chi connectivity index (χ2v) is 6.05. The number of hydrogen-bond donors (Lipinski definition) is 0. The lowest BCUT2D eigenvalue weighted by Crippen LogP contribution is -2.17. The van der Waals surface area contributed by atoms with Gasteiger partial charge in [-0.25, -0.2) is 0 Å². The maximum atomic E-state index is 6.25. The second-order valence-electron chi connectivity index (χ2n) is 4.78. The third-order valence-electron chi connectivity index (χ3n) is 3.04. The molecule has 19 heavy (non-hydrogen) atoms. The van der Waals surface area contributed by atoms with Gasteiger partial charge in [0.2, 0.25) is 0 Å². The summed E-state index contributed by atoms with van der Waals surface area (Å²) in [4.78, 5) is 2.23. The monoisotopic (exact) mass is 341 g/mol. The number of hydrogen-bond acceptors (Lipinski definition) is 2. The number of halogens is 2. The van der Waals surface area contributed by atoms with Gasteiger partial charge in [-0.3, -0.25) is 9.58 Å². The topological polar surface area (TPSA) is 21.1 Å². The van der Waals surface area contributed by atoms with Crippen LogP contribution >= 0.6 is 27.5 Å². The minimum absolute atomic E-state index is 0.721. The fraction of sp³-hybridized carbons (Fsp3) is 0.357. The highest BCUT2D eigenvalue weighted by molar-refractivity contribution is 9.10. The Morgan fingerprint density at radius 3 is 2.68 bits per heavy atom. The standard InChI is InChI=1S/C14H17BrClN3/c1-10-13(14(16)19(3)17-10)9-18(2)8-11-5-4-6-12(15)7-11/h4-7H,8-9H2,1-3H3. The van der Waals surface area contributed by atoms with Gasteiger partial charge in [0.15, 0.2) is 0 Å². The first-order valence-corrected chi connectivity index (χ1v) is 7.25. The summed E-state index contributed by atoms with van der Waals surface area (Å²) >= 11 is 9.75. The quantitative estimate of drug-likeness (QED) is 0.843. The molecule has 3 nitrogen and oxygen atoms in total. The van der Waals surface area contributed by atoms with Gasteiger partial charge in [0.25, 0.3) is 0 Å². The van der Waals surface area contributed by atoms with Crippen molar-refractivity contribution in [2.45, 2.75) is 20.0 Å². The molecule has 0 bridgehead atoms. The van der Waals surface area contributed by atoms with Crippen molar-refractivity contribution in [3.63, 3.8) is 0 Å². The molecule has 0 N–H and O–H groups in total. The van der Waals surface area contributed by atoms with Crippen LogP contribution in [0.5, 0.6) is 0 Å². The Morgan fingerprint density at radius 2 is 2.11 bits per heavy atom. The summed E-state index contributed by atoms with van der Waals surface area (Å²) in [6.45, 7) is 3.67. The van der Waals surface area contributed by atoms with Gasteiger partial charge in [0.1, 0.15) is 5.15 Å². The molecule has 1 heterocycles. The molecule has 0 aliphatic rings. The van der Waals surface area contributed by atoms with Crippen LogP contribution in [-0.2, 0) is 20.1 Å². The fourth-order valence-electron chi connectivity index (χ4n) is 2.13.